The fourth-order valence-corrected chi connectivity index (χ4v) is 5.03. The Morgan fingerprint density at radius 3 is 2.26 bits per heavy atom. The van der Waals surface area contributed by atoms with E-state index in [1.54, 1.807) is 0 Å². The lowest BCUT2D eigenvalue weighted by atomic mass is 10.2. The highest BCUT2D eigenvalue weighted by Gasteiger charge is 2.26. The summed E-state index contributed by atoms with van der Waals surface area (Å²) in [7, 11) is -3.81. The van der Waals surface area contributed by atoms with E-state index in [1.165, 1.54) is 34.1 Å². The predicted octanol–water partition coefficient (Wildman–Crippen LogP) is 5.17. The van der Waals surface area contributed by atoms with Crippen LogP contribution >= 0.6 is 0 Å². The van der Waals surface area contributed by atoms with Crippen LogP contribution in [0.25, 0.3) is 0 Å². The number of carbonyl (C=O) groups excluding carboxylic acids is 1. The fourth-order valence-electron chi connectivity index (χ4n) is 3.38. The number of rotatable bonds is 10. The molecule has 38 heavy (non-hydrogen) atoms. The van der Waals surface area contributed by atoms with E-state index in [2.05, 4.69) is 24.4 Å². The Bertz CT molecular complexity index is 1060. The van der Waals surface area contributed by atoms with Crippen LogP contribution < -0.4 is 5.32 Å². The van der Waals surface area contributed by atoms with Gasteiger partial charge in [0.25, 0.3) is 5.69 Å². The van der Waals surface area contributed by atoms with E-state index < -0.39 is 21.0 Å². The zero-order valence-electron chi connectivity index (χ0n) is 23.0. The van der Waals surface area contributed by atoms with E-state index in [4.69, 9.17) is 9.47 Å². The monoisotopic (exact) mass is 551 g/mol. The first-order chi connectivity index (χ1) is 18.1. The summed E-state index contributed by atoms with van der Waals surface area (Å²) in [6.07, 6.45) is 0.280. The summed E-state index contributed by atoms with van der Waals surface area (Å²) in [5.41, 5.74) is 1.15. The van der Waals surface area contributed by atoms with Crippen molar-refractivity contribution in [2.75, 3.05) is 32.8 Å². The van der Waals surface area contributed by atoms with Gasteiger partial charge < -0.3 is 14.8 Å². The number of hydrogen-bond acceptors (Lipinski definition) is 7. The molecule has 1 aliphatic heterocycles. The minimum atomic E-state index is -3.81. The van der Waals surface area contributed by atoms with Crippen molar-refractivity contribution in [3.05, 3.63) is 70.3 Å². The van der Waals surface area contributed by atoms with E-state index in [1.807, 2.05) is 45.9 Å². The third-order valence-electron chi connectivity index (χ3n) is 5.21. The van der Waals surface area contributed by atoms with Crippen molar-refractivity contribution in [1.29, 1.82) is 0 Å². The number of amides is 1. The zero-order valence-corrected chi connectivity index (χ0v) is 23.8. The Hall–Kier alpha value is -3.02. The number of carbonyl (C=O) groups is 1. The van der Waals surface area contributed by atoms with Crippen LogP contribution in [0.3, 0.4) is 0 Å². The molecule has 0 saturated carbocycles. The minimum Gasteiger partial charge on any atom is -0.444 e. The fraction of sp³-hybridized carbons (Fsp3) is 0.519. The van der Waals surface area contributed by atoms with Crippen LogP contribution in [0.15, 0.2) is 59.5 Å². The Balaban J connectivity index is 0.000000682. The van der Waals surface area contributed by atoms with Crippen LogP contribution in [0.5, 0.6) is 0 Å². The van der Waals surface area contributed by atoms with Crippen LogP contribution in [-0.2, 0) is 19.5 Å². The molecule has 10 nitrogen and oxygen atoms in total. The molecule has 0 bridgehead atoms. The molecule has 0 spiro atoms. The van der Waals surface area contributed by atoms with Crippen LogP contribution in [0, 0.1) is 23.0 Å². The molecule has 1 atom stereocenters. The van der Waals surface area contributed by atoms with Crippen molar-refractivity contribution in [3.63, 3.8) is 0 Å². The minimum absolute atomic E-state index is 0.00245. The van der Waals surface area contributed by atoms with Crippen LogP contribution in [0.4, 0.5) is 10.5 Å². The molecule has 0 aromatic heterocycles. The molecular formula is C27H41N3O7S. The number of benzene rings is 2. The molecule has 2 aromatic rings. The molecule has 1 N–H and O–H groups in total. The van der Waals surface area contributed by atoms with E-state index in [-0.39, 0.29) is 35.7 Å². The number of non-ortho nitro benzene ring substituents is 1. The van der Waals surface area contributed by atoms with Gasteiger partial charge in [-0.1, -0.05) is 63.6 Å². The first-order valence-electron chi connectivity index (χ1n) is 12.9. The van der Waals surface area contributed by atoms with Gasteiger partial charge >= 0.3 is 6.09 Å². The summed E-state index contributed by atoms with van der Waals surface area (Å²) in [5.74, 6) is 0.0862. The smallest absolute Gasteiger partial charge is 0.407 e. The van der Waals surface area contributed by atoms with Crippen LogP contribution in [0.1, 0.15) is 46.1 Å². The molecule has 1 unspecified atom stereocenters. The number of nitro benzene ring substituents is 1. The van der Waals surface area contributed by atoms with Gasteiger partial charge in [-0.05, 0) is 31.4 Å². The van der Waals surface area contributed by atoms with Crippen LogP contribution in [-0.4, -0.2) is 62.7 Å². The van der Waals surface area contributed by atoms with Crippen LogP contribution in [0.2, 0.25) is 0 Å². The normalized spacial score (nSPS) is 14.7. The average molecular weight is 552 g/mol. The van der Waals surface area contributed by atoms with Crippen molar-refractivity contribution >= 4 is 21.8 Å². The van der Waals surface area contributed by atoms with E-state index in [9.17, 15) is 23.3 Å². The second kappa shape index (κ2) is 17.5. The molecule has 1 saturated heterocycles. The molecule has 1 aliphatic rings. The number of nitrogens with one attached hydrogen (secondary N) is 1. The number of ether oxygens (including phenoxy) is 2. The average Bonchev–Trinajstić information content (AvgIpc) is 3.40. The maximum absolute atomic E-state index is 12.9. The van der Waals surface area contributed by atoms with Gasteiger partial charge in [0.15, 0.2) is 0 Å². The van der Waals surface area contributed by atoms with Gasteiger partial charge in [-0.2, -0.15) is 4.31 Å². The summed E-state index contributed by atoms with van der Waals surface area (Å²) in [6, 6.07) is 15.1. The second-order valence-corrected chi connectivity index (χ2v) is 10.8. The molecule has 1 amide bonds. The Labute approximate surface area is 226 Å². The standard InChI is InChI=1S/C18H27N3O7S.C7H8.C2H6/c1-14(2)12-20(10-3-9-19-18(22)28-16-8-11-27-13-16)29(25,26)17-6-4-15(5-7-17)21(23)24;1-7-5-3-2-4-6-7;1-2/h4-7,14,16H,3,8-13H2,1-2H3,(H,19,22);2-6H,1H3;1-2H3. The first-order valence-corrected chi connectivity index (χ1v) is 14.3. The van der Waals surface area contributed by atoms with E-state index in [0.717, 1.165) is 0 Å². The zero-order chi connectivity index (χ0) is 28.6. The van der Waals surface area contributed by atoms with Gasteiger partial charge in [-0.3, -0.25) is 10.1 Å². The quantitative estimate of drug-likeness (QED) is 0.245. The van der Waals surface area contributed by atoms with Crippen molar-refractivity contribution in [3.8, 4) is 0 Å². The highest BCUT2D eigenvalue weighted by Crippen LogP contribution is 2.21. The van der Waals surface area contributed by atoms with Gasteiger partial charge in [0.05, 0.1) is 23.0 Å². The van der Waals surface area contributed by atoms with Crippen molar-refractivity contribution in [2.45, 2.75) is 58.5 Å². The number of hydrogen-bond donors (Lipinski definition) is 1. The summed E-state index contributed by atoms with van der Waals surface area (Å²) in [4.78, 5) is 21.9. The van der Waals surface area contributed by atoms with Gasteiger partial charge in [-0.15, -0.1) is 0 Å². The molecule has 2 aromatic carbocycles. The van der Waals surface area contributed by atoms with Gasteiger partial charge in [0.2, 0.25) is 10.0 Å². The maximum Gasteiger partial charge on any atom is 0.407 e. The topological polar surface area (TPSA) is 128 Å². The third kappa shape index (κ3) is 12.0. The Morgan fingerprint density at radius 2 is 1.79 bits per heavy atom. The SMILES string of the molecule is CC.CC(C)CN(CCCNC(=O)OC1CCOC1)S(=O)(=O)c1ccc([N+](=O)[O-])cc1.Cc1ccccc1. The van der Waals surface area contributed by atoms with Crippen molar-refractivity contribution < 1.29 is 27.6 Å². The van der Waals surface area contributed by atoms with E-state index in [0.29, 0.717) is 32.6 Å². The highest BCUT2D eigenvalue weighted by atomic mass is 32.2. The molecule has 0 radical (unpaired) electrons. The lowest BCUT2D eigenvalue weighted by Gasteiger charge is -2.24. The molecular weight excluding hydrogens is 510 g/mol. The summed E-state index contributed by atoms with van der Waals surface area (Å²) >= 11 is 0. The molecule has 1 heterocycles. The van der Waals surface area contributed by atoms with E-state index >= 15 is 0 Å². The lowest BCUT2D eigenvalue weighted by molar-refractivity contribution is -0.384. The summed E-state index contributed by atoms with van der Waals surface area (Å²) in [5, 5.41) is 13.4. The molecule has 1 fully saturated rings. The van der Waals surface area contributed by atoms with Crippen molar-refractivity contribution in [2.24, 2.45) is 5.92 Å². The second-order valence-electron chi connectivity index (χ2n) is 8.83. The molecule has 212 valence electrons. The largest absolute Gasteiger partial charge is 0.444 e. The Morgan fingerprint density at radius 1 is 1.16 bits per heavy atom. The first kappa shape index (κ1) is 33.0. The van der Waals surface area contributed by atoms with Crippen molar-refractivity contribution in [1.82, 2.24) is 9.62 Å². The number of nitrogens with zero attached hydrogens (tertiary/aromatic N) is 2. The number of alkyl carbamates (subject to hydrolysis) is 1. The van der Waals surface area contributed by atoms with Gasteiger partial charge in [-0.25, -0.2) is 13.2 Å². The molecule has 11 heteroatoms. The third-order valence-corrected chi connectivity index (χ3v) is 7.09. The molecule has 3 rings (SSSR count). The number of sulfonamides is 1. The molecule has 0 aliphatic carbocycles. The highest BCUT2D eigenvalue weighted by molar-refractivity contribution is 7.89. The van der Waals surface area contributed by atoms with Gasteiger partial charge in [0, 0.05) is 38.2 Å². The summed E-state index contributed by atoms with van der Waals surface area (Å²) < 4.78 is 37.5. The number of nitro groups is 1. The lowest BCUT2D eigenvalue weighted by Crippen LogP contribution is -2.37. The Kier molecular flexibility index (Phi) is 15.2. The van der Waals surface area contributed by atoms with Gasteiger partial charge in [0.1, 0.15) is 6.10 Å². The number of aryl methyl sites for hydroxylation is 1. The predicted molar refractivity (Wildman–Crippen MR) is 148 cm³/mol. The summed E-state index contributed by atoms with van der Waals surface area (Å²) in [6.45, 7) is 11.6. The maximum atomic E-state index is 12.9.